The fourth-order valence-corrected chi connectivity index (χ4v) is 1.88. The molecule has 122 valence electrons. The zero-order valence-electron chi connectivity index (χ0n) is 12.0. The van der Waals surface area contributed by atoms with Gasteiger partial charge >= 0.3 is 12.1 Å². The first kappa shape index (κ1) is 18.5. The molecule has 0 saturated heterocycles. The number of amides is 1. The van der Waals surface area contributed by atoms with Crippen molar-refractivity contribution in [2.45, 2.75) is 31.3 Å². The molecule has 0 bridgehead atoms. The summed E-state index contributed by atoms with van der Waals surface area (Å²) in [6.07, 6.45) is -4.43. The molecule has 1 rings (SSSR count). The van der Waals surface area contributed by atoms with E-state index in [0.717, 1.165) is 0 Å². The van der Waals surface area contributed by atoms with Crippen LogP contribution < -0.4 is 10.1 Å². The van der Waals surface area contributed by atoms with E-state index in [9.17, 15) is 22.8 Å². The van der Waals surface area contributed by atoms with E-state index in [4.69, 9.17) is 4.74 Å². The Kier molecular flexibility index (Phi) is 6.40. The van der Waals surface area contributed by atoms with Crippen LogP contribution in [0.25, 0.3) is 0 Å². The first-order valence-electron chi connectivity index (χ1n) is 6.54. The lowest BCUT2D eigenvalue weighted by atomic mass is 10.1. The van der Waals surface area contributed by atoms with E-state index >= 15 is 0 Å². The predicted octanol–water partition coefficient (Wildman–Crippen LogP) is 3.94. The van der Waals surface area contributed by atoms with Gasteiger partial charge in [-0.3, -0.25) is 9.59 Å². The Morgan fingerprint density at radius 1 is 1.32 bits per heavy atom. The van der Waals surface area contributed by atoms with Gasteiger partial charge in [0.25, 0.3) is 0 Å². The maximum absolute atomic E-state index is 12.3. The fraction of sp³-hybridized carbons (Fsp3) is 0.429. The number of halogens is 4. The minimum absolute atomic E-state index is 0.0155. The van der Waals surface area contributed by atoms with Crippen LogP contribution in [-0.4, -0.2) is 29.3 Å². The van der Waals surface area contributed by atoms with Crippen LogP contribution in [0.15, 0.2) is 18.2 Å². The lowest BCUT2D eigenvalue weighted by molar-refractivity contribution is -0.167. The van der Waals surface area contributed by atoms with E-state index in [0.29, 0.717) is 6.42 Å². The smallest absolute Gasteiger partial charge is 0.471 e. The van der Waals surface area contributed by atoms with Crippen molar-refractivity contribution in [3.05, 3.63) is 23.8 Å². The first-order chi connectivity index (χ1) is 10.2. The molecule has 0 aliphatic rings. The molecule has 0 radical (unpaired) electrons. The highest BCUT2D eigenvalue weighted by Crippen LogP contribution is 2.29. The van der Waals surface area contributed by atoms with E-state index in [-0.39, 0.29) is 29.4 Å². The number of alkyl halides is 4. The number of nitrogens with one attached hydrogen (secondary N) is 1. The van der Waals surface area contributed by atoms with Gasteiger partial charge in [0.1, 0.15) is 5.75 Å². The average molecular weight is 382 g/mol. The summed E-state index contributed by atoms with van der Waals surface area (Å²) in [6.45, 7) is 3.64. The van der Waals surface area contributed by atoms with Crippen molar-refractivity contribution in [1.29, 1.82) is 0 Å². The summed E-state index contributed by atoms with van der Waals surface area (Å²) in [4.78, 5) is 22.7. The highest BCUT2D eigenvalue weighted by Gasteiger charge is 2.39. The third kappa shape index (κ3) is 4.72. The van der Waals surface area contributed by atoms with Crippen LogP contribution in [0.4, 0.5) is 18.9 Å². The molecule has 0 aromatic heterocycles. The summed E-state index contributed by atoms with van der Waals surface area (Å²) >= 11 is 3.22. The van der Waals surface area contributed by atoms with Crippen molar-refractivity contribution in [2.24, 2.45) is 0 Å². The summed E-state index contributed by atoms with van der Waals surface area (Å²) in [5.41, 5.74) is 0.153. The third-order valence-corrected chi connectivity index (χ3v) is 3.78. The molecule has 22 heavy (non-hydrogen) atoms. The summed E-state index contributed by atoms with van der Waals surface area (Å²) < 4.78 is 42.1. The minimum atomic E-state index is -5.00. The van der Waals surface area contributed by atoms with Crippen LogP contribution >= 0.6 is 15.9 Å². The quantitative estimate of drug-likeness (QED) is 0.599. The highest BCUT2D eigenvalue weighted by atomic mass is 79.9. The Bertz CT molecular complexity index is 561. The standard InChI is InChI=1S/C14H15BrF3NO3/c1-3-9(15)12(20)8-5-6-10(11(7-8)22-4-2)19-13(21)14(16,17)18/h5-7,9H,3-4H2,1-2H3,(H,19,21). The molecule has 0 aliphatic heterocycles. The van der Waals surface area contributed by atoms with Gasteiger partial charge in [0, 0.05) is 5.56 Å². The van der Waals surface area contributed by atoms with E-state index in [1.807, 2.05) is 6.92 Å². The van der Waals surface area contributed by atoms with Crippen LogP contribution in [-0.2, 0) is 4.79 Å². The number of Topliss-reactive ketones (excluding diaryl/α,β-unsaturated/α-hetero) is 1. The van der Waals surface area contributed by atoms with E-state index < -0.39 is 16.9 Å². The van der Waals surface area contributed by atoms with Crippen molar-refractivity contribution in [2.75, 3.05) is 11.9 Å². The Morgan fingerprint density at radius 3 is 2.45 bits per heavy atom. The maximum atomic E-state index is 12.3. The van der Waals surface area contributed by atoms with Gasteiger partial charge in [-0.05, 0) is 31.5 Å². The zero-order chi connectivity index (χ0) is 16.9. The van der Waals surface area contributed by atoms with Crippen LogP contribution in [0.2, 0.25) is 0 Å². The highest BCUT2D eigenvalue weighted by molar-refractivity contribution is 9.10. The lowest BCUT2D eigenvalue weighted by Gasteiger charge is -2.14. The number of benzene rings is 1. The van der Waals surface area contributed by atoms with Crippen LogP contribution in [0.5, 0.6) is 5.75 Å². The number of ketones is 1. The van der Waals surface area contributed by atoms with Gasteiger partial charge < -0.3 is 10.1 Å². The number of rotatable bonds is 6. The molecule has 0 heterocycles. The first-order valence-corrected chi connectivity index (χ1v) is 7.45. The topological polar surface area (TPSA) is 55.4 Å². The largest absolute Gasteiger partial charge is 0.492 e. The number of hydrogen-bond donors (Lipinski definition) is 1. The van der Waals surface area contributed by atoms with Crippen molar-refractivity contribution >= 4 is 33.3 Å². The van der Waals surface area contributed by atoms with E-state index in [1.54, 1.807) is 12.2 Å². The third-order valence-electron chi connectivity index (χ3n) is 2.71. The van der Waals surface area contributed by atoms with Gasteiger partial charge in [0.15, 0.2) is 5.78 Å². The summed E-state index contributed by atoms with van der Waals surface area (Å²) in [6, 6.07) is 3.89. The fourth-order valence-electron chi connectivity index (χ4n) is 1.61. The predicted molar refractivity (Wildman–Crippen MR) is 79.6 cm³/mol. The molecule has 1 aromatic carbocycles. The second-order valence-corrected chi connectivity index (χ2v) is 5.44. The van der Waals surface area contributed by atoms with Crippen molar-refractivity contribution in [3.63, 3.8) is 0 Å². The molecule has 1 unspecified atom stereocenters. The number of carbonyl (C=O) groups excluding carboxylic acids is 2. The molecule has 0 saturated carbocycles. The van der Waals surface area contributed by atoms with Crippen LogP contribution in [0.3, 0.4) is 0 Å². The van der Waals surface area contributed by atoms with Crippen LogP contribution in [0, 0.1) is 0 Å². The van der Waals surface area contributed by atoms with Crippen molar-refractivity contribution in [1.82, 2.24) is 0 Å². The molecule has 1 aromatic rings. The second-order valence-electron chi connectivity index (χ2n) is 4.34. The van der Waals surface area contributed by atoms with Gasteiger partial charge in [-0.25, -0.2) is 0 Å². The molecular formula is C14H15BrF3NO3. The molecule has 1 N–H and O–H groups in total. The molecule has 1 amide bonds. The van der Waals surface area contributed by atoms with E-state index in [1.165, 1.54) is 18.2 Å². The zero-order valence-corrected chi connectivity index (χ0v) is 13.5. The molecule has 4 nitrogen and oxygen atoms in total. The molecular weight excluding hydrogens is 367 g/mol. The van der Waals surface area contributed by atoms with Gasteiger partial charge in [-0.1, -0.05) is 22.9 Å². The van der Waals surface area contributed by atoms with Gasteiger partial charge in [-0.2, -0.15) is 13.2 Å². The van der Waals surface area contributed by atoms with E-state index in [2.05, 4.69) is 15.9 Å². The number of ether oxygens (including phenoxy) is 1. The number of hydrogen-bond acceptors (Lipinski definition) is 3. The van der Waals surface area contributed by atoms with Gasteiger partial charge in [-0.15, -0.1) is 0 Å². The van der Waals surface area contributed by atoms with Gasteiger partial charge in [0.05, 0.1) is 17.1 Å². The Balaban J connectivity index is 3.10. The van der Waals surface area contributed by atoms with Gasteiger partial charge in [0.2, 0.25) is 0 Å². The van der Waals surface area contributed by atoms with Crippen molar-refractivity contribution in [3.8, 4) is 5.75 Å². The average Bonchev–Trinajstić information content (AvgIpc) is 2.46. The lowest BCUT2D eigenvalue weighted by Crippen LogP contribution is -2.30. The summed E-state index contributed by atoms with van der Waals surface area (Å²) in [7, 11) is 0. The summed E-state index contributed by atoms with van der Waals surface area (Å²) in [5, 5.41) is 1.73. The number of carbonyl (C=O) groups is 2. The van der Waals surface area contributed by atoms with Crippen molar-refractivity contribution < 1.29 is 27.5 Å². The SMILES string of the molecule is CCOc1cc(C(=O)C(Br)CC)ccc1NC(=O)C(F)(F)F. The molecule has 8 heteroatoms. The monoisotopic (exact) mass is 381 g/mol. The second kappa shape index (κ2) is 7.62. The Morgan fingerprint density at radius 2 is 1.95 bits per heavy atom. The molecule has 0 fully saturated rings. The van der Waals surface area contributed by atoms with Crippen LogP contribution in [0.1, 0.15) is 30.6 Å². The molecule has 1 atom stereocenters. The maximum Gasteiger partial charge on any atom is 0.471 e. The normalized spacial score (nSPS) is 12.6. The molecule has 0 aliphatic carbocycles. The Hall–Kier alpha value is -1.57. The Labute approximate surface area is 134 Å². The summed E-state index contributed by atoms with van der Waals surface area (Å²) in [5.74, 6) is -2.29. The molecule has 0 spiro atoms. The minimum Gasteiger partial charge on any atom is -0.492 e. The number of anilines is 1.